The van der Waals surface area contributed by atoms with Gasteiger partial charge in [-0.3, -0.25) is 19.4 Å². The zero-order valence-electron chi connectivity index (χ0n) is 20.8. The number of rotatable bonds is 14. The maximum Gasteiger partial charge on any atom is 0.234 e. The van der Waals surface area contributed by atoms with Crippen molar-refractivity contribution in [2.45, 2.75) is 43.7 Å². The van der Waals surface area contributed by atoms with Gasteiger partial charge in [0.1, 0.15) is 6.73 Å². The van der Waals surface area contributed by atoms with Crippen molar-refractivity contribution >= 4 is 60.3 Å². The average molecular weight is 578 g/mol. The standard InChI is InChI=1S/C25H38Cl2N4O3S2/c1-34-16-29-25(33)24-19(17-3-5-20(26)21(27)13-17)14-18-4-6-22(24)31(18)9-2-8-30(10-12-36)15-23(32)28-7-11-35/h3,5,13,18-19,22,24,35-36H,2,4,6-12,14-16H2,1H3,(H,28,32)(H,29,33)/t18?,19?,22-,24?/m1/s1. The molecule has 3 unspecified atom stereocenters. The second kappa shape index (κ2) is 15.0. The Morgan fingerprint density at radius 3 is 2.64 bits per heavy atom. The van der Waals surface area contributed by atoms with Crippen molar-refractivity contribution in [3.8, 4) is 0 Å². The molecule has 2 N–H and O–H groups in total. The van der Waals surface area contributed by atoms with E-state index in [2.05, 4.69) is 45.7 Å². The summed E-state index contributed by atoms with van der Waals surface area (Å²) in [6, 6.07) is 6.29. The van der Waals surface area contributed by atoms with E-state index >= 15 is 0 Å². The predicted octanol–water partition coefficient (Wildman–Crippen LogP) is 3.32. The number of hydrogen-bond acceptors (Lipinski definition) is 7. The quantitative estimate of drug-likeness (QED) is 0.202. The highest BCUT2D eigenvalue weighted by Gasteiger charge is 2.50. The normalized spacial score (nSPS) is 23.7. The third-order valence-corrected chi connectivity index (χ3v) is 8.40. The second-order valence-electron chi connectivity index (χ2n) is 9.48. The largest absolute Gasteiger partial charge is 0.364 e. The molecule has 11 heteroatoms. The van der Waals surface area contributed by atoms with E-state index in [0.717, 1.165) is 50.9 Å². The molecule has 2 fully saturated rings. The van der Waals surface area contributed by atoms with Gasteiger partial charge >= 0.3 is 0 Å². The first-order valence-electron chi connectivity index (χ1n) is 12.6. The molecule has 2 bridgehead atoms. The Kier molecular flexibility index (Phi) is 12.5. The summed E-state index contributed by atoms with van der Waals surface area (Å²) in [6.45, 7) is 3.57. The minimum Gasteiger partial charge on any atom is -0.364 e. The van der Waals surface area contributed by atoms with Gasteiger partial charge < -0.3 is 15.4 Å². The van der Waals surface area contributed by atoms with Crippen molar-refractivity contribution < 1.29 is 14.3 Å². The molecule has 3 rings (SSSR count). The summed E-state index contributed by atoms with van der Waals surface area (Å²) < 4.78 is 5.12. The molecule has 0 saturated carbocycles. The Morgan fingerprint density at radius 1 is 1.14 bits per heavy atom. The molecule has 2 aliphatic rings. The number of methoxy groups -OCH3 is 1. The summed E-state index contributed by atoms with van der Waals surface area (Å²) in [5.41, 5.74) is 1.06. The van der Waals surface area contributed by atoms with Gasteiger partial charge in [0.2, 0.25) is 11.8 Å². The molecule has 2 saturated heterocycles. The summed E-state index contributed by atoms with van der Waals surface area (Å²) in [5.74, 6) is 1.22. The minimum atomic E-state index is -0.198. The van der Waals surface area contributed by atoms with Crippen molar-refractivity contribution in [2.24, 2.45) is 5.92 Å². The van der Waals surface area contributed by atoms with Gasteiger partial charge in [-0.1, -0.05) is 29.3 Å². The lowest BCUT2D eigenvalue weighted by Gasteiger charge is -2.44. The van der Waals surface area contributed by atoms with Crippen LogP contribution in [0.3, 0.4) is 0 Å². The van der Waals surface area contributed by atoms with Crippen LogP contribution >= 0.6 is 48.5 Å². The highest BCUT2D eigenvalue weighted by atomic mass is 35.5. The van der Waals surface area contributed by atoms with Gasteiger partial charge in [-0.2, -0.15) is 25.3 Å². The number of nitrogens with zero attached hydrogens (tertiary/aromatic N) is 2. The van der Waals surface area contributed by atoms with Crippen LogP contribution in [0.1, 0.15) is 37.2 Å². The van der Waals surface area contributed by atoms with Crippen molar-refractivity contribution in [1.82, 2.24) is 20.4 Å². The SMILES string of the molecule is COCNC(=O)C1C(c2ccc(Cl)c(Cl)c2)CC2CC[C@H]1N2CCCN(CCS)CC(=O)NCCS. The summed E-state index contributed by atoms with van der Waals surface area (Å²) in [5, 5.41) is 6.87. The maximum atomic E-state index is 13.4. The molecule has 0 aromatic heterocycles. The van der Waals surface area contributed by atoms with E-state index in [1.165, 1.54) is 0 Å². The van der Waals surface area contributed by atoms with Crippen molar-refractivity contribution in [3.05, 3.63) is 33.8 Å². The fourth-order valence-electron chi connectivity index (χ4n) is 5.71. The number of fused-ring (bicyclic) bond motifs is 2. The van der Waals surface area contributed by atoms with E-state index in [1.807, 2.05) is 18.2 Å². The number of carbonyl (C=O) groups is 2. The zero-order chi connectivity index (χ0) is 26.1. The van der Waals surface area contributed by atoms with Gasteiger partial charge in [-0.25, -0.2) is 0 Å². The average Bonchev–Trinajstić information content (AvgIpc) is 3.13. The van der Waals surface area contributed by atoms with Crippen LogP contribution in [0, 0.1) is 5.92 Å². The number of thiol groups is 2. The Hall–Kier alpha value is -0.680. The van der Waals surface area contributed by atoms with Gasteiger partial charge in [-0.15, -0.1) is 0 Å². The molecular formula is C25H38Cl2N4O3S2. The van der Waals surface area contributed by atoms with Gasteiger partial charge in [0, 0.05) is 43.8 Å². The number of nitrogens with one attached hydrogen (secondary N) is 2. The van der Waals surface area contributed by atoms with Crippen LogP contribution in [-0.2, 0) is 14.3 Å². The molecule has 1 aromatic rings. The van der Waals surface area contributed by atoms with Crippen LogP contribution in [0.4, 0.5) is 0 Å². The number of carbonyl (C=O) groups excluding carboxylic acids is 2. The van der Waals surface area contributed by atoms with Crippen molar-refractivity contribution in [2.75, 3.05) is 58.1 Å². The molecule has 2 amide bonds. The molecule has 2 aliphatic heterocycles. The highest BCUT2D eigenvalue weighted by molar-refractivity contribution is 7.80. The molecule has 0 spiro atoms. The third-order valence-electron chi connectivity index (χ3n) is 7.24. The van der Waals surface area contributed by atoms with Crippen LogP contribution in [0.5, 0.6) is 0 Å². The van der Waals surface area contributed by atoms with Gasteiger partial charge in [0.15, 0.2) is 0 Å². The minimum absolute atomic E-state index is 0.0147. The Bertz CT molecular complexity index is 882. The van der Waals surface area contributed by atoms with Gasteiger partial charge in [0.25, 0.3) is 0 Å². The fraction of sp³-hybridized carbons (Fsp3) is 0.680. The van der Waals surface area contributed by atoms with E-state index in [9.17, 15) is 9.59 Å². The van der Waals surface area contributed by atoms with Crippen LogP contribution in [-0.4, -0.2) is 91.8 Å². The molecule has 4 atom stereocenters. The topological polar surface area (TPSA) is 73.9 Å². The molecule has 0 aliphatic carbocycles. The van der Waals surface area contributed by atoms with E-state index in [1.54, 1.807) is 7.11 Å². The number of ether oxygens (including phenoxy) is 1. The summed E-state index contributed by atoms with van der Waals surface area (Å²) in [6.07, 6.45) is 3.87. The third kappa shape index (κ3) is 7.91. The molecule has 36 heavy (non-hydrogen) atoms. The Morgan fingerprint density at radius 2 is 1.94 bits per heavy atom. The fourth-order valence-corrected chi connectivity index (χ4v) is 6.41. The van der Waals surface area contributed by atoms with Crippen LogP contribution in [0.25, 0.3) is 0 Å². The predicted molar refractivity (Wildman–Crippen MR) is 153 cm³/mol. The van der Waals surface area contributed by atoms with E-state index in [4.69, 9.17) is 27.9 Å². The number of amides is 2. The number of benzene rings is 1. The lowest BCUT2D eigenvalue weighted by Crippen LogP contribution is -2.53. The smallest absolute Gasteiger partial charge is 0.234 e. The molecule has 7 nitrogen and oxygen atoms in total. The second-order valence-corrected chi connectivity index (χ2v) is 11.2. The lowest BCUT2D eigenvalue weighted by atomic mass is 9.75. The molecule has 1 aromatic carbocycles. The van der Waals surface area contributed by atoms with Crippen LogP contribution < -0.4 is 10.6 Å². The van der Waals surface area contributed by atoms with Crippen LogP contribution in [0.2, 0.25) is 10.0 Å². The first-order chi connectivity index (χ1) is 17.4. The molecule has 2 heterocycles. The highest BCUT2D eigenvalue weighted by Crippen LogP contribution is 2.47. The monoisotopic (exact) mass is 576 g/mol. The van der Waals surface area contributed by atoms with E-state index < -0.39 is 0 Å². The first-order valence-corrected chi connectivity index (χ1v) is 14.6. The first kappa shape index (κ1) is 29.9. The Balaban J connectivity index is 1.69. The number of piperidine rings is 1. The van der Waals surface area contributed by atoms with Gasteiger partial charge in [0.05, 0.1) is 22.5 Å². The molecule has 202 valence electrons. The van der Waals surface area contributed by atoms with Crippen molar-refractivity contribution in [3.63, 3.8) is 0 Å². The summed E-state index contributed by atoms with van der Waals surface area (Å²) in [7, 11) is 1.57. The lowest BCUT2D eigenvalue weighted by molar-refractivity contribution is -0.131. The zero-order valence-corrected chi connectivity index (χ0v) is 24.1. The van der Waals surface area contributed by atoms with E-state index in [-0.39, 0.29) is 36.4 Å². The molecule has 0 radical (unpaired) electrons. The summed E-state index contributed by atoms with van der Waals surface area (Å²) in [4.78, 5) is 30.2. The van der Waals surface area contributed by atoms with Crippen LogP contribution in [0.15, 0.2) is 18.2 Å². The Labute approximate surface area is 235 Å². The maximum absolute atomic E-state index is 13.4. The van der Waals surface area contributed by atoms with E-state index in [0.29, 0.717) is 40.7 Å². The number of hydrogen-bond donors (Lipinski definition) is 4. The summed E-state index contributed by atoms with van der Waals surface area (Å²) >= 11 is 21.0. The number of halogens is 2. The van der Waals surface area contributed by atoms with Crippen molar-refractivity contribution in [1.29, 1.82) is 0 Å². The van der Waals surface area contributed by atoms with Gasteiger partial charge in [-0.05, 0) is 62.4 Å². The molecular weight excluding hydrogens is 539 g/mol.